The lowest BCUT2D eigenvalue weighted by Gasteiger charge is -2.31. The monoisotopic (exact) mass is 384 g/mol. The number of rotatable bonds is 6. The van der Waals surface area contributed by atoms with Gasteiger partial charge in [0.05, 0.1) is 21.3 Å². The first kappa shape index (κ1) is 19.3. The van der Waals surface area contributed by atoms with Gasteiger partial charge in [-0.15, -0.1) is 0 Å². The first-order chi connectivity index (χ1) is 13.5. The molecule has 0 saturated carbocycles. The van der Waals surface area contributed by atoms with E-state index >= 15 is 0 Å². The summed E-state index contributed by atoms with van der Waals surface area (Å²) in [7, 11) is 4.56. The molecule has 1 aliphatic heterocycles. The van der Waals surface area contributed by atoms with Crippen LogP contribution in [0.25, 0.3) is 0 Å². The Hall–Kier alpha value is -3.48. The van der Waals surface area contributed by atoms with Gasteiger partial charge in [0.15, 0.2) is 17.6 Å². The van der Waals surface area contributed by atoms with Crippen LogP contribution in [0, 0.1) is 0 Å². The maximum Gasteiger partial charge on any atom is 0.353 e. The molecule has 7 nitrogen and oxygen atoms in total. The van der Waals surface area contributed by atoms with Crippen LogP contribution in [0.4, 0.5) is 0 Å². The summed E-state index contributed by atoms with van der Waals surface area (Å²) in [5.74, 6) is 0.133. The Bertz CT molecular complexity index is 902. The van der Waals surface area contributed by atoms with Crippen molar-refractivity contribution in [2.24, 2.45) is 0 Å². The minimum Gasteiger partial charge on any atom is -0.497 e. The summed E-state index contributed by atoms with van der Waals surface area (Å²) >= 11 is 0. The Morgan fingerprint density at radius 2 is 1.61 bits per heavy atom. The zero-order valence-corrected chi connectivity index (χ0v) is 15.8. The summed E-state index contributed by atoms with van der Waals surface area (Å²) in [4.78, 5) is 24.4. The Labute approximate surface area is 162 Å². The summed E-state index contributed by atoms with van der Waals surface area (Å²) in [6.07, 6.45) is -0.940. The Morgan fingerprint density at radius 1 is 1.00 bits per heavy atom. The molecule has 2 atom stereocenters. The van der Waals surface area contributed by atoms with Crippen molar-refractivity contribution in [2.75, 3.05) is 21.3 Å². The minimum atomic E-state index is -1.23. The van der Waals surface area contributed by atoms with Crippen molar-refractivity contribution in [3.8, 4) is 17.2 Å². The van der Waals surface area contributed by atoms with Crippen LogP contribution in [0.3, 0.4) is 0 Å². The van der Waals surface area contributed by atoms with Gasteiger partial charge in [-0.05, 0) is 29.8 Å². The lowest BCUT2D eigenvalue weighted by atomic mass is 9.90. The van der Waals surface area contributed by atoms with E-state index in [1.165, 1.54) is 14.2 Å². The fourth-order valence-electron chi connectivity index (χ4n) is 3.04. The van der Waals surface area contributed by atoms with Crippen LogP contribution in [0.1, 0.15) is 28.9 Å². The Kier molecular flexibility index (Phi) is 5.54. The van der Waals surface area contributed by atoms with Gasteiger partial charge in [0, 0.05) is 17.2 Å². The highest BCUT2D eigenvalue weighted by molar-refractivity contribution is 5.87. The molecule has 28 heavy (non-hydrogen) atoms. The van der Waals surface area contributed by atoms with E-state index in [2.05, 4.69) is 6.58 Å². The average Bonchev–Trinajstić information content (AvgIpc) is 2.74. The molecule has 2 aromatic rings. The second-order valence-electron chi connectivity index (χ2n) is 5.95. The Balaban J connectivity index is 2.14. The third-order valence-corrected chi connectivity index (χ3v) is 4.42. The second kappa shape index (κ2) is 8.04. The SMILES string of the molecule is C=CC(=O)OC1C(=O)OC(c2ccc(OC)cc2)c2cc(OC)c(OC)cc21. The molecule has 1 heterocycles. The van der Waals surface area contributed by atoms with E-state index in [1.807, 2.05) is 0 Å². The molecule has 0 radical (unpaired) electrons. The van der Waals surface area contributed by atoms with Gasteiger partial charge < -0.3 is 23.7 Å². The molecule has 0 aliphatic carbocycles. The van der Waals surface area contributed by atoms with E-state index in [9.17, 15) is 9.59 Å². The minimum absolute atomic E-state index is 0.407. The zero-order chi connectivity index (χ0) is 20.3. The van der Waals surface area contributed by atoms with Crippen LogP contribution in [0.2, 0.25) is 0 Å². The molecular formula is C21H20O7. The fourth-order valence-corrected chi connectivity index (χ4v) is 3.04. The quantitative estimate of drug-likeness (QED) is 0.559. The number of carbonyl (C=O) groups is 2. The summed E-state index contributed by atoms with van der Waals surface area (Å²) in [6, 6.07) is 10.5. The topological polar surface area (TPSA) is 80.3 Å². The van der Waals surface area contributed by atoms with E-state index in [4.69, 9.17) is 23.7 Å². The highest BCUT2D eigenvalue weighted by atomic mass is 16.6. The lowest BCUT2D eigenvalue weighted by molar-refractivity contribution is -0.171. The molecule has 1 aliphatic rings. The molecule has 0 fully saturated rings. The third kappa shape index (κ3) is 3.51. The molecule has 0 spiro atoms. The van der Waals surface area contributed by atoms with Crippen LogP contribution >= 0.6 is 0 Å². The maximum atomic E-state index is 12.6. The largest absolute Gasteiger partial charge is 0.497 e. The number of hydrogen-bond acceptors (Lipinski definition) is 7. The van der Waals surface area contributed by atoms with Crippen LogP contribution in [0.15, 0.2) is 49.1 Å². The van der Waals surface area contributed by atoms with Crippen molar-refractivity contribution in [1.82, 2.24) is 0 Å². The van der Waals surface area contributed by atoms with Gasteiger partial charge in [-0.2, -0.15) is 0 Å². The third-order valence-electron chi connectivity index (χ3n) is 4.42. The molecule has 0 saturated heterocycles. The van der Waals surface area contributed by atoms with E-state index in [-0.39, 0.29) is 0 Å². The average molecular weight is 384 g/mol. The van der Waals surface area contributed by atoms with Crippen molar-refractivity contribution in [3.63, 3.8) is 0 Å². The second-order valence-corrected chi connectivity index (χ2v) is 5.95. The summed E-state index contributed by atoms with van der Waals surface area (Å²) in [5, 5.41) is 0. The first-order valence-electron chi connectivity index (χ1n) is 8.45. The van der Waals surface area contributed by atoms with Gasteiger partial charge in [0.2, 0.25) is 6.10 Å². The van der Waals surface area contributed by atoms with E-state index < -0.39 is 24.1 Å². The van der Waals surface area contributed by atoms with Crippen LogP contribution in [-0.4, -0.2) is 33.3 Å². The van der Waals surface area contributed by atoms with Crippen LogP contribution in [-0.2, 0) is 19.1 Å². The van der Waals surface area contributed by atoms with Crippen LogP contribution in [0.5, 0.6) is 17.2 Å². The van der Waals surface area contributed by atoms with E-state index in [0.717, 1.165) is 11.6 Å². The number of hydrogen-bond donors (Lipinski definition) is 0. The number of methoxy groups -OCH3 is 3. The summed E-state index contributed by atoms with van der Waals surface area (Å²) < 4.78 is 26.7. The number of carbonyl (C=O) groups excluding carboxylic acids is 2. The van der Waals surface area contributed by atoms with E-state index in [1.54, 1.807) is 43.5 Å². The van der Waals surface area contributed by atoms with Crippen LogP contribution < -0.4 is 14.2 Å². The normalized spacial score (nSPS) is 17.8. The molecular weight excluding hydrogens is 364 g/mol. The van der Waals surface area contributed by atoms with Crippen molar-refractivity contribution < 1.29 is 33.3 Å². The maximum absolute atomic E-state index is 12.6. The van der Waals surface area contributed by atoms with Crippen molar-refractivity contribution in [3.05, 3.63) is 65.7 Å². The highest BCUT2D eigenvalue weighted by Crippen LogP contribution is 2.44. The highest BCUT2D eigenvalue weighted by Gasteiger charge is 2.39. The van der Waals surface area contributed by atoms with Gasteiger partial charge in [-0.1, -0.05) is 18.7 Å². The van der Waals surface area contributed by atoms with Crippen molar-refractivity contribution in [1.29, 1.82) is 0 Å². The van der Waals surface area contributed by atoms with Gasteiger partial charge >= 0.3 is 11.9 Å². The first-order valence-corrected chi connectivity index (χ1v) is 8.45. The summed E-state index contributed by atoms with van der Waals surface area (Å²) in [5.41, 5.74) is 1.82. The number of ether oxygens (including phenoxy) is 5. The molecule has 0 N–H and O–H groups in total. The number of cyclic esters (lactones) is 1. The van der Waals surface area contributed by atoms with Crippen molar-refractivity contribution >= 4 is 11.9 Å². The molecule has 0 amide bonds. The number of fused-ring (bicyclic) bond motifs is 1. The zero-order valence-electron chi connectivity index (χ0n) is 15.8. The predicted octanol–water partition coefficient (Wildman–Crippen LogP) is 3.13. The van der Waals surface area contributed by atoms with Gasteiger partial charge in [-0.3, -0.25) is 0 Å². The van der Waals surface area contributed by atoms with Gasteiger partial charge in [0.25, 0.3) is 0 Å². The molecule has 2 aromatic carbocycles. The van der Waals surface area contributed by atoms with E-state index in [0.29, 0.717) is 28.4 Å². The predicted molar refractivity (Wildman–Crippen MR) is 99.5 cm³/mol. The van der Waals surface area contributed by atoms with Gasteiger partial charge in [-0.25, -0.2) is 9.59 Å². The summed E-state index contributed by atoms with van der Waals surface area (Å²) in [6.45, 7) is 3.36. The molecule has 7 heteroatoms. The molecule has 0 bridgehead atoms. The lowest BCUT2D eigenvalue weighted by Crippen LogP contribution is -2.30. The Morgan fingerprint density at radius 3 is 2.14 bits per heavy atom. The standard InChI is InChI=1S/C21H20O7/c1-5-18(22)27-20-15-11-17(26-4)16(25-3)10-14(15)19(28-21(20)23)12-6-8-13(24-2)9-7-12/h5-11,19-20H,1H2,2-4H3. The molecule has 0 aromatic heterocycles. The van der Waals surface area contributed by atoms with Gasteiger partial charge in [0.1, 0.15) is 5.75 Å². The molecule has 2 unspecified atom stereocenters. The number of esters is 2. The molecule has 3 rings (SSSR count). The molecule has 146 valence electrons. The fraction of sp³-hybridized carbons (Fsp3) is 0.238. The van der Waals surface area contributed by atoms with Crippen molar-refractivity contribution in [2.45, 2.75) is 12.2 Å². The smallest absolute Gasteiger partial charge is 0.353 e. The number of benzene rings is 2.